The molecule has 0 saturated carbocycles. The molecule has 0 aliphatic heterocycles. The van der Waals surface area contributed by atoms with E-state index < -0.39 is 12.7 Å². The Balaban J connectivity index is 2.00. The average molecular weight is 253 g/mol. The maximum atomic E-state index is 12.0. The summed E-state index contributed by atoms with van der Waals surface area (Å²) in [6.45, 7) is -0.606. The summed E-state index contributed by atoms with van der Waals surface area (Å²) in [5.74, 6) is 0. The van der Waals surface area contributed by atoms with Crippen molar-refractivity contribution in [3.63, 3.8) is 0 Å². The molecule has 2 aromatic carbocycles. The van der Waals surface area contributed by atoms with Crippen LogP contribution < -0.4 is 5.32 Å². The largest absolute Gasteiger partial charge is 0.401 e. The Labute approximate surface area is 104 Å². The first kappa shape index (κ1) is 12.9. The molecule has 0 bridgehead atoms. The highest BCUT2D eigenvalue weighted by Gasteiger charge is 2.25. The predicted octanol–water partition coefficient (Wildman–Crippen LogP) is 3.53. The summed E-state index contributed by atoms with van der Waals surface area (Å²) in [6, 6.07) is 13.8. The minimum Gasteiger partial charge on any atom is -0.308 e. The van der Waals surface area contributed by atoms with Gasteiger partial charge in [0.05, 0.1) is 6.54 Å². The summed E-state index contributed by atoms with van der Waals surface area (Å²) in [4.78, 5) is 0. The first-order chi connectivity index (χ1) is 8.56. The Morgan fingerprint density at radius 2 is 1.67 bits per heavy atom. The summed E-state index contributed by atoms with van der Waals surface area (Å²) in [6.07, 6.45) is -3.55. The number of hydrogen-bond acceptors (Lipinski definition) is 1. The first-order valence-corrected chi connectivity index (χ1v) is 5.80. The second kappa shape index (κ2) is 5.40. The van der Waals surface area contributed by atoms with Gasteiger partial charge >= 0.3 is 6.18 Å². The molecule has 0 aliphatic rings. The Morgan fingerprint density at radius 1 is 0.944 bits per heavy atom. The summed E-state index contributed by atoms with van der Waals surface area (Å²) < 4.78 is 35.9. The lowest BCUT2D eigenvalue weighted by molar-refractivity contribution is -0.124. The zero-order valence-electron chi connectivity index (χ0n) is 9.80. The number of rotatable bonds is 4. The maximum Gasteiger partial charge on any atom is 0.401 e. The third-order valence-electron chi connectivity index (χ3n) is 2.78. The van der Waals surface area contributed by atoms with Crippen molar-refractivity contribution in [1.82, 2.24) is 5.32 Å². The highest BCUT2D eigenvalue weighted by Crippen LogP contribution is 2.18. The Morgan fingerprint density at radius 3 is 2.44 bits per heavy atom. The number of hydrogen-bond donors (Lipinski definition) is 1. The van der Waals surface area contributed by atoms with Gasteiger partial charge in [-0.05, 0) is 29.3 Å². The highest BCUT2D eigenvalue weighted by molar-refractivity contribution is 5.85. The van der Waals surface area contributed by atoms with Gasteiger partial charge in [-0.2, -0.15) is 13.2 Å². The lowest BCUT2D eigenvalue weighted by Crippen LogP contribution is -2.30. The van der Waals surface area contributed by atoms with E-state index in [9.17, 15) is 13.2 Å². The molecule has 0 unspecified atom stereocenters. The molecular weight excluding hydrogens is 239 g/mol. The van der Waals surface area contributed by atoms with Crippen LogP contribution in [0.4, 0.5) is 13.2 Å². The molecule has 0 radical (unpaired) electrons. The molecule has 0 aromatic heterocycles. The molecule has 2 rings (SSSR count). The number of halogens is 3. The molecule has 0 amide bonds. The van der Waals surface area contributed by atoms with Crippen molar-refractivity contribution in [2.75, 3.05) is 13.1 Å². The normalized spacial score (nSPS) is 11.9. The number of nitrogens with one attached hydrogen (secondary N) is 1. The molecule has 2 aromatic rings. The van der Waals surface area contributed by atoms with Crippen LogP contribution in [0.15, 0.2) is 42.5 Å². The van der Waals surface area contributed by atoms with Gasteiger partial charge in [-0.3, -0.25) is 0 Å². The molecule has 0 spiro atoms. The second-order valence-corrected chi connectivity index (χ2v) is 4.18. The van der Waals surface area contributed by atoms with Gasteiger partial charge in [0.2, 0.25) is 0 Å². The van der Waals surface area contributed by atoms with E-state index in [1.807, 2.05) is 42.5 Å². The minimum absolute atomic E-state index is 0.327. The molecule has 0 aliphatic carbocycles. The van der Waals surface area contributed by atoms with E-state index in [1.54, 1.807) is 0 Å². The van der Waals surface area contributed by atoms with Crippen molar-refractivity contribution >= 4 is 10.8 Å². The van der Waals surface area contributed by atoms with Crippen molar-refractivity contribution in [2.45, 2.75) is 12.6 Å². The van der Waals surface area contributed by atoms with Crippen LogP contribution in [0.3, 0.4) is 0 Å². The zero-order chi connectivity index (χ0) is 13.0. The van der Waals surface area contributed by atoms with Gasteiger partial charge in [-0.1, -0.05) is 42.5 Å². The van der Waals surface area contributed by atoms with Crippen LogP contribution >= 0.6 is 0 Å². The van der Waals surface area contributed by atoms with Crippen molar-refractivity contribution in [3.8, 4) is 0 Å². The second-order valence-electron chi connectivity index (χ2n) is 4.18. The molecule has 0 fully saturated rings. The van der Waals surface area contributed by atoms with Crippen LogP contribution in [0.25, 0.3) is 10.8 Å². The van der Waals surface area contributed by atoms with E-state index in [0.717, 1.165) is 16.3 Å². The van der Waals surface area contributed by atoms with Crippen LogP contribution in [-0.4, -0.2) is 19.3 Å². The van der Waals surface area contributed by atoms with Gasteiger partial charge in [0.15, 0.2) is 0 Å². The molecule has 1 nitrogen and oxygen atoms in total. The third kappa shape index (κ3) is 3.47. The number of fused-ring (bicyclic) bond motifs is 1. The molecule has 1 N–H and O–H groups in total. The molecule has 4 heteroatoms. The quantitative estimate of drug-likeness (QED) is 0.822. The van der Waals surface area contributed by atoms with Crippen LogP contribution in [0.1, 0.15) is 5.56 Å². The van der Waals surface area contributed by atoms with E-state index in [2.05, 4.69) is 5.32 Å². The lowest BCUT2D eigenvalue weighted by Gasteiger charge is -2.09. The molecule has 0 heterocycles. The van der Waals surface area contributed by atoms with E-state index in [-0.39, 0.29) is 0 Å². The number of benzene rings is 2. The predicted molar refractivity (Wildman–Crippen MR) is 66.6 cm³/mol. The van der Waals surface area contributed by atoms with Gasteiger partial charge in [0, 0.05) is 0 Å². The lowest BCUT2D eigenvalue weighted by atomic mass is 10.0. The van der Waals surface area contributed by atoms with Gasteiger partial charge in [0.1, 0.15) is 0 Å². The molecule has 0 saturated heterocycles. The summed E-state index contributed by atoms with van der Waals surface area (Å²) in [7, 11) is 0. The van der Waals surface area contributed by atoms with Crippen molar-refractivity contribution in [3.05, 3.63) is 48.0 Å². The van der Waals surface area contributed by atoms with E-state index >= 15 is 0 Å². The Bertz CT molecular complexity index is 514. The van der Waals surface area contributed by atoms with Crippen LogP contribution in [0.5, 0.6) is 0 Å². The minimum atomic E-state index is -4.14. The van der Waals surface area contributed by atoms with Gasteiger partial charge < -0.3 is 5.32 Å². The fraction of sp³-hybridized carbons (Fsp3) is 0.286. The number of alkyl halides is 3. The smallest absolute Gasteiger partial charge is 0.308 e. The Kier molecular flexibility index (Phi) is 3.87. The topological polar surface area (TPSA) is 12.0 Å². The van der Waals surface area contributed by atoms with E-state index in [1.165, 1.54) is 0 Å². The van der Waals surface area contributed by atoms with Crippen molar-refractivity contribution in [2.24, 2.45) is 0 Å². The first-order valence-electron chi connectivity index (χ1n) is 5.80. The Hall–Kier alpha value is -1.55. The average Bonchev–Trinajstić information content (AvgIpc) is 2.33. The SMILES string of the molecule is FC(F)(F)CNCCc1cccc2ccccc12. The standard InChI is InChI=1S/C14H14F3N/c15-14(16,17)10-18-9-8-12-6-3-5-11-4-1-2-7-13(11)12/h1-7,18H,8-10H2. The molecule has 96 valence electrons. The van der Waals surface area contributed by atoms with E-state index in [4.69, 9.17) is 0 Å². The van der Waals surface area contributed by atoms with Crippen LogP contribution in [0, 0.1) is 0 Å². The highest BCUT2D eigenvalue weighted by atomic mass is 19.4. The van der Waals surface area contributed by atoms with Crippen LogP contribution in [0.2, 0.25) is 0 Å². The molecular formula is C14H14F3N. The third-order valence-corrected chi connectivity index (χ3v) is 2.78. The summed E-state index contributed by atoms with van der Waals surface area (Å²) in [5.41, 5.74) is 1.07. The summed E-state index contributed by atoms with van der Waals surface area (Å²) in [5, 5.41) is 4.64. The zero-order valence-corrected chi connectivity index (χ0v) is 9.80. The van der Waals surface area contributed by atoms with Gasteiger partial charge in [0.25, 0.3) is 0 Å². The maximum absolute atomic E-state index is 12.0. The summed E-state index contributed by atoms with van der Waals surface area (Å²) >= 11 is 0. The molecule has 0 atom stereocenters. The fourth-order valence-electron chi connectivity index (χ4n) is 1.96. The molecule has 18 heavy (non-hydrogen) atoms. The van der Waals surface area contributed by atoms with Crippen molar-refractivity contribution < 1.29 is 13.2 Å². The van der Waals surface area contributed by atoms with E-state index in [0.29, 0.717) is 13.0 Å². The van der Waals surface area contributed by atoms with Crippen molar-refractivity contribution in [1.29, 1.82) is 0 Å². The monoisotopic (exact) mass is 253 g/mol. The van der Waals surface area contributed by atoms with Gasteiger partial charge in [-0.15, -0.1) is 0 Å². The van der Waals surface area contributed by atoms with Crippen LogP contribution in [-0.2, 0) is 6.42 Å². The van der Waals surface area contributed by atoms with Gasteiger partial charge in [-0.25, -0.2) is 0 Å². The fourth-order valence-corrected chi connectivity index (χ4v) is 1.96.